The molecule has 0 atom stereocenters. The first-order valence-electron chi connectivity index (χ1n) is 6.82. The molecule has 0 aliphatic rings. The Morgan fingerprint density at radius 3 is 2.30 bits per heavy atom. The van der Waals surface area contributed by atoms with E-state index >= 15 is 0 Å². The van der Waals surface area contributed by atoms with Crippen molar-refractivity contribution in [3.63, 3.8) is 0 Å². The van der Waals surface area contributed by atoms with Gasteiger partial charge in [0.2, 0.25) is 0 Å². The Bertz CT molecular complexity index is 559. The number of nitrogens with one attached hydrogen (secondary N) is 1. The maximum atomic E-state index is 12.2. The second-order valence-corrected chi connectivity index (χ2v) is 5.08. The van der Waals surface area contributed by atoms with E-state index in [1.54, 1.807) is 12.3 Å². The highest BCUT2D eigenvalue weighted by atomic mass is 35.5. The van der Waals surface area contributed by atoms with E-state index in [4.69, 9.17) is 0 Å². The van der Waals surface area contributed by atoms with Crippen molar-refractivity contribution in [1.29, 1.82) is 0 Å². The average Bonchev–Trinajstić information content (AvgIpc) is 2.86. The van der Waals surface area contributed by atoms with E-state index in [9.17, 15) is 8.78 Å². The van der Waals surface area contributed by atoms with Crippen molar-refractivity contribution in [2.24, 2.45) is 0 Å². The van der Waals surface area contributed by atoms with E-state index in [0.717, 1.165) is 17.9 Å². The van der Waals surface area contributed by atoms with Gasteiger partial charge in [-0.3, -0.25) is 4.68 Å². The highest BCUT2D eigenvalue weighted by molar-refractivity contribution is 5.85. The van der Waals surface area contributed by atoms with E-state index in [0.29, 0.717) is 6.54 Å². The van der Waals surface area contributed by atoms with Gasteiger partial charge in [0, 0.05) is 39.1 Å². The third-order valence-corrected chi connectivity index (χ3v) is 3.11. The van der Waals surface area contributed by atoms with Crippen LogP contribution >= 0.6 is 24.8 Å². The minimum Gasteiger partial charge on any atom is -0.378 e. The van der Waals surface area contributed by atoms with Crippen LogP contribution in [0.5, 0.6) is 0 Å². The van der Waals surface area contributed by atoms with Crippen molar-refractivity contribution in [3.8, 4) is 0 Å². The van der Waals surface area contributed by atoms with Gasteiger partial charge in [0.05, 0.1) is 5.69 Å². The maximum Gasteiger partial charge on any atom is 0.257 e. The molecular weight excluding hydrogens is 345 g/mol. The van der Waals surface area contributed by atoms with Crippen LogP contribution in [0.3, 0.4) is 0 Å². The zero-order chi connectivity index (χ0) is 15.2. The summed E-state index contributed by atoms with van der Waals surface area (Å²) in [5.74, 6) is 0. The number of benzene rings is 1. The molecule has 130 valence electrons. The summed E-state index contributed by atoms with van der Waals surface area (Å²) in [4.78, 5) is 2.05. The third kappa shape index (κ3) is 7.16. The van der Waals surface area contributed by atoms with Crippen molar-refractivity contribution >= 4 is 30.5 Å². The highest BCUT2D eigenvalue weighted by Gasteiger charge is 2.05. The average molecular weight is 367 g/mol. The summed E-state index contributed by atoms with van der Waals surface area (Å²) < 4.78 is 25.7. The number of nitrogens with zero attached hydrogens (tertiary/aromatic N) is 3. The molecule has 0 fully saturated rings. The van der Waals surface area contributed by atoms with Crippen LogP contribution in [0.15, 0.2) is 36.5 Å². The van der Waals surface area contributed by atoms with Gasteiger partial charge < -0.3 is 10.2 Å². The van der Waals surface area contributed by atoms with E-state index in [1.807, 2.05) is 19.0 Å². The lowest BCUT2D eigenvalue weighted by Crippen LogP contribution is -2.14. The fraction of sp³-hybridized carbons (Fsp3) is 0.400. The fourth-order valence-electron chi connectivity index (χ4n) is 1.99. The number of alkyl halides is 2. The Labute approximate surface area is 147 Å². The summed E-state index contributed by atoms with van der Waals surface area (Å²) in [6, 6.07) is 10.0. The van der Waals surface area contributed by atoms with Crippen LogP contribution in [-0.2, 0) is 19.6 Å². The van der Waals surface area contributed by atoms with Gasteiger partial charge in [-0.25, -0.2) is 8.78 Å². The first-order valence-corrected chi connectivity index (χ1v) is 6.82. The fourth-order valence-corrected chi connectivity index (χ4v) is 1.99. The molecule has 1 N–H and O–H groups in total. The van der Waals surface area contributed by atoms with Crippen molar-refractivity contribution in [2.75, 3.05) is 19.0 Å². The third-order valence-electron chi connectivity index (χ3n) is 3.11. The lowest BCUT2D eigenvalue weighted by atomic mass is 10.2. The Morgan fingerprint density at radius 2 is 1.74 bits per heavy atom. The summed E-state index contributed by atoms with van der Waals surface area (Å²) in [5, 5.41) is 7.34. The van der Waals surface area contributed by atoms with Gasteiger partial charge in [-0.2, -0.15) is 5.10 Å². The maximum absolute atomic E-state index is 12.2. The Balaban J connectivity index is 0.00000242. The normalized spacial score (nSPS) is 10.1. The second kappa shape index (κ2) is 10.4. The molecule has 8 heteroatoms. The van der Waals surface area contributed by atoms with Gasteiger partial charge in [-0.15, -0.1) is 24.8 Å². The molecule has 0 bridgehead atoms. The smallest absolute Gasteiger partial charge is 0.257 e. The standard InChI is InChI=1S/C15H20F2N4.2ClH/c1-20(2)14-5-3-12(4-6-14)9-18-10-13-7-8-21(19-13)11-15(16)17;;/h3-8,15,18H,9-11H2,1-2H3;2*1H. The molecule has 0 spiro atoms. The number of hydrogen-bond donors (Lipinski definition) is 1. The molecule has 0 saturated carbocycles. The van der Waals surface area contributed by atoms with Crippen molar-refractivity contribution in [1.82, 2.24) is 15.1 Å². The number of anilines is 1. The number of rotatable bonds is 7. The van der Waals surface area contributed by atoms with E-state index in [2.05, 4.69) is 34.7 Å². The second-order valence-electron chi connectivity index (χ2n) is 5.08. The molecule has 2 aromatic rings. The van der Waals surface area contributed by atoms with E-state index < -0.39 is 6.43 Å². The van der Waals surface area contributed by atoms with Gasteiger partial charge >= 0.3 is 0 Å². The number of hydrogen-bond acceptors (Lipinski definition) is 3. The summed E-state index contributed by atoms with van der Waals surface area (Å²) in [7, 11) is 4.01. The number of halogens is 4. The highest BCUT2D eigenvalue weighted by Crippen LogP contribution is 2.12. The van der Waals surface area contributed by atoms with Crippen LogP contribution in [0.1, 0.15) is 11.3 Å². The number of aromatic nitrogens is 2. The van der Waals surface area contributed by atoms with Crippen LogP contribution in [0.25, 0.3) is 0 Å². The van der Waals surface area contributed by atoms with Crippen molar-refractivity contribution in [2.45, 2.75) is 26.1 Å². The molecule has 0 saturated heterocycles. The molecule has 0 amide bonds. The van der Waals surface area contributed by atoms with E-state index in [-0.39, 0.29) is 31.4 Å². The molecule has 1 aromatic heterocycles. The molecule has 2 rings (SSSR count). The van der Waals surface area contributed by atoms with Gasteiger partial charge in [0.25, 0.3) is 6.43 Å². The molecular formula is C15H22Cl2F2N4. The summed E-state index contributed by atoms with van der Waals surface area (Å²) in [6.45, 7) is 0.924. The zero-order valence-corrected chi connectivity index (χ0v) is 14.7. The Morgan fingerprint density at radius 1 is 1.09 bits per heavy atom. The van der Waals surface area contributed by atoms with Gasteiger partial charge in [0.1, 0.15) is 6.54 Å². The van der Waals surface area contributed by atoms with Crippen LogP contribution in [0.2, 0.25) is 0 Å². The van der Waals surface area contributed by atoms with Gasteiger partial charge in [0.15, 0.2) is 0 Å². The molecule has 0 aliphatic carbocycles. The zero-order valence-electron chi connectivity index (χ0n) is 13.1. The Hall–Kier alpha value is -1.37. The largest absolute Gasteiger partial charge is 0.378 e. The lowest BCUT2D eigenvalue weighted by molar-refractivity contribution is 0.121. The predicted molar refractivity (Wildman–Crippen MR) is 94.0 cm³/mol. The van der Waals surface area contributed by atoms with E-state index in [1.165, 1.54) is 10.2 Å². The van der Waals surface area contributed by atoms with Crippen LogP contribution in [0.4, 0.5) is 14.5 Å². The molecule has 0 unspecified atom stereocenters. The minimum absolute atomic E-state index is 0. The summed E-state index contributed by atoms with van der Waals surface area (Å²) in [6.07, 6.45) is -0.796. The first kappa shape index (κ1) is 21.6. The quantitative estimate of drug-likeness (QED) is 0.815. The van der Waals surface area contributed by atoms with Crippen molar-refractivity contribution in [3.05, 3.63) is 47.8 Å². The molecule has 1 heterocycles. The topological polar surface area (TPSA) is 33.1 Å². The molecule has 4 nitrogen and oxygen atoms in total. The van der Waals surface area contributed by atoms with Crippen LogP contribution < -0.4 is 10.2 Å². The molecule has 0 aliphatic heterocycles. The lowest BCUT2D eigenvalue weighted by Gasteiger charge is -2.12. The molecule has 1 aromatic carbocycles. The van der Waals surface area contributed by atoms with Gasteiger partial charge in [-0.1, -0.05) is 12.1 Å². The Kier molecular flexibility index (Phi) is 9.79. The molecule has 0 radical (unpaired) electrons. The van der Waals surface area contributed by atoms with Crippen LogP contribution in [-0.4, -0.2) is 30.3 Å². The SMILES string of the molecule is CN(C)c1ccc(CNCc2ccn(CC(F)F)n2)cc1.Cl.Cl. The summed E-state index contributed by atoms with van der Waals surface area (Å²) >= 11 is 0. The minimum atomic E-state index is -2.37. The predicted octanol–water partition coefficient (Wildman–Crippen LogP) is 3.35. The first-order chi connectivity index (χ1) is 10.0. The molecule has 23 heavy (non-hydrogen) atoms. The van der Waals surface area contributed by atoms with Crippen LogP contribution in [0, 0.1) is 0 Å². The van der Waals surface area contributed by atoms with Crippen molar-refractivity contribution < 1.29 is 8.78 Å². The van der Waals surface area contributed by atoms with Gasteiger partial charge in [-0.05, 0) is 23.8 Å². The monoisotopic (exact) mass is 366 g/mol. The summed E-state index contributed by atoms with van der Waals surface area (Å²) in [5.41, 5.74) is 3.10.